The first-order valence-corrected chi connectivity index (χ1v) is 13.0. The number of para-hydroxylation sites is 1. The van der Waals surface area contributed by atoms with Crippen molar-refractivity contribution < 1.29 is 38.9 Å². The number of imide groups is 1. The van der Waals surface area contributed by atoms with Crippen molar-refractivity contribution in [1.29, 1.82) is 0 Å². The van der Waals surface area contributed by atoms with Crippen LogP contribution in [0.2, 0.25) is 0 Å². The fourth-order valence-electron chi connectivity index (χ4n) is 4.27. The minimum Gasteiger partial charge on any atom is -0.508 e. The first-order chi connectivity index (χ1) is 19.5. The highest BCUT2D eigenvalue weighted by Gasteiger charge is 2.38. The summed E-state index contributed by atoms with van der Waals surface area (Å²) in [5.74, 6) is -2.62. The van der Waals surface area contributed by atoms with Gasteiger partial charge in [-0.3, -0.25) is 24.7 Å². The van der Waals surface area contributed by atoms with Crippen LogP contribution >= 0.6 is 0 Å². The summed E-state index contributed by atoms with van der Waals surface area (Å²) >= 11 is 0. The number of likely N-dealkylation sites (tertiary alicyclic amines) is 1. The monoisotopic (exact) mass is 567 g/mol. The van der Waals surface area contributed by atoms with Crippen molar-refractivity contribution >= 4 is 34.7 Å². The molecule has 0 bridgehead atoms. The minimum absolute atomic E-state index is 0.118. The second-order valence-electron chi connectivity index (χ2n) is 10.00. The van der Waals surface area contributed by atoms with Crippen LogP contribution in [0.1, 0.15) is 44.2 Å². The number of aromatic hydroxyl groups is 1. The highest BCUT2D eigenvalue weighted by Crippen LogP contribution is 2.20. The summed E-state index contributed by atoms with van der Waals surface area (Å²) in [5, 5.41) is 28.4. The summed E-state index contributed by atoms with van der Waals surface area (Å²) < 4.78 is 5.24. The van der Waals surface area contributed by atoms with E-state index in [4.69, 9.17) is 9.52 Å². The van der Waals surface area contributed by atoms with Crippen molar-refractivity contribution in [1.82, 2.24) is 15.8 Å². The molecule has 3 aromatic rings. The summed E-state index contributed by atoms with van der Waals surface area (Å²) in [6, 6.07) is 13.3. The lowest BCUT2D eigenvalue weighted by atomic mass is 10.0. The molecule has 1 saturated heterocycles. The van der Waals surface area contributed by atoms with Crippen LogP contribution in [0.3, 0.4) is 0 Å². The number of aliphatic carboxylic acids is 2. The SMILES string of the molecule is CC(C)C[C@@H](C(=O)O)N1C(=O)CCC1=O.O=C(O)[C@H](Cc1ccc(O)cc1)NNCc1cc2ccccc2oc1=O. The van der Waals surface area contributed by atoms with Crippen molar-refractivity contribution in [3.05, 3.63) is 76.1 Å². The Hall–Kier alpha value is -4.55. The second-order valence-corrected chi connectivity index (χ2v) is 10.00. The van der Waals surface area contributed by atoms with Gasteiger partial charge in [0.15, 0.2) is 0 Å². The number of carboxylic acid groups (broad SMARTS) is 2. The summed E-state index contributed by atoms with van der Waals surface area (Å²) in [4.78, 5) is 58.0. The van der Waals surface area contributed by atoms with Crippen molar-refractivity contribution in [2.45, 2.75) is 58.2 Å². The maximum atomic E-state index is 12.0. The number of amides is 2. The lowest BCUT2D eigenvalue weighted by Crippen LogP contribution is -2.46. The molecular formula is C29H33N3O9. The Bertz CT molecular complexity index is 1430. The third-order valence-electron chi connectivity index (χ3n) is 6.32. The van der Waals surface area contributed by atoms with Crippen LogP contribution in [-0.4, -0.2) is 56.1 Å². The maximum absolute atomic E-state index is 12.0. The molecule has 2 atom stereocenters. The van der Waals surface area contributed by atoms with Crippen molar-refractivity contribution in [3.8, 4) is 5.75 Å². The number of nitrogens with zero attached hydrogens (tertiary/aromatic N) is 1. The predicted molar refractivity (Wildman–Crippen MR) is 148 cm³/mol. The van der Waals surface area contributed by atoms with Gasteiger partial charge < -0.3 is 19.7 Å². The van der Waals surface area contributed by atoms with Crippen LogP contribution < -0.4 is 16.5 Å². The summed E-state index contributed by atoms with van der Waals surface area (Å²) in [6.07, 6.45) is 0.809. The number of nitrogens with one attached hydrogen (secondary N) is 2. The van der Waals surface area contributed by atoms with Crippen LogP contribution in [-0.2, 0) is 32.1 Å². The van der Waals surface area contributed by atoms with E-state index in [1.54, 1.807) is 30.3 Å². The molecule has 1 aliphatic heterocycles. The standard InChI is InChI=1S/C19H18N2O5.C10H15NO4/c22-15-7-5-12(6-8-15)9-16(18(23)24)21-20-11-14-10-13-3-1-2-4-17(13)26-19(14)25;1-6(2)5-7(10(14)15)11-8(12)3-4-9(11)13/h1-8,10,16,20-22H,9,11H2,(H,23,24);6-7H,3-5H2,1-2H3,(H,14,15)/t16-;7-/m00/s1. The van der Waals surface area contributed by atoms with Crippen LogP contribution in [0.15, 0.2) is 63.8 Å². The quantitative estimate of drug-likeness (QED) is 0.130. The number of hydrogen-bond acceptors (Lipinski definition) is 9. The molecule has 218 valence electrons. The minimum atomic E-state index is -1.10. The number of phenolic OH excluding ortho intramolecular Hbond substituents is 1. The van der Waals surface area contributed by atoms with Crippen LogP contribution in [0.5, 0.6) is 5.75 Å². The topological polar surface area (TPSA) is 186 Å². The molecule has 0 spiro atoms. The number of phenols is 1. The normalized spacial score (nSPS) is 14.6. The molecule has 12 nitrogen and oxygen atoms in total. The Balaban J connectivity index is 0.000000263. The van der Waals surface area contributed by atoms with Gasteiger partial charge >= 0.3 is 17.6 Å². The van der Waals surface area contributed by atoms with Crippen LogP contribution in [0.25, 0.3) is 11.0 Å². The van der Waals surface area contributed by atoms with Gasteiger partial charge in [0.05, 0.1) is 5.56 Å². The Labute approximate surface area is 235 Å². The zero-order chi connectivity index (χ0) is 30.1. The molecule has 1 fully saturated rings. The molecule has 1 aromatic heterocycles. The molecule has 0 saturated carbocycles. The zero-order valence-corrected chi connectivity index (χ0v) is 22.7. The van der Waals surface area contributed by atoms with Gasteiger partial charge in [-0.15, -0.1) is 0 Å². The fourth-order valence-corrected chi connectivity index (χ4v) is 4.27. The summed E-state index contributed by atoms with van der Waals surface area (Å²) in [5.41, 5.74) is 6.68. The van der Waals surface area contributed by atoms with E-state index in [0.717, 1.165) is 15.8 Å². The number of rotatable bonds is 11. The van der Waals surface area contributed by atoms with Crippen molar-refractivity contribution in [2.24, 2.45) is 5.92 Å². The molecule has 2 amide bonds. The Morgan fingerprint density at radius 2 is 1.59 bits per heavy atom. The van der Waals surface area contributed by atoms with E-state index in [2.05, 4.69) is 10.9 Å². The van der Waals surface area contributed by atoms with Gasteiger partial charge in [0.25, 0.3) is 0 Å². The molecule has 12 heteroatoms. The number of fused-ring (bicyclic) bond motifs is 1. The van der Waals surface area contributed by atoms with Crippen molar-refractivity contribution in [2.75, 3.05) is 0 Å². The number of hydrazine groups is 1. The number of benzene rings is 2. The number of carbonyl (C=O) groups excluding carboxylic acids is 2. The largest absolute Gasteiger partial charge is 0.508 e. The van der Waals surface area contributed by atoms with Crippen molar-refractivity contribution in [3.63, 3.8) is 0 Å². The van der Waals surface area contributed by atoms with Crippen LogP contribution in [0, 0.1) is 5.92 Å². The molecule has 0 radical (unpaired) electrons. The third-order valence-corrected chi connectivity index (χ3v) is 6.32. The second kappa shape index (κ2) is 14.2. The molecule has 2 aromatic carbocycles. The molecule has 0 aliphatic carbocycles. The zero-order valence-electron chi connectivity index (χ0n) is 22.7. The van der Waals surface area contributed by atoms with E-state index in [0.29, 0.717) is 17.6 Å². The van der Waals surface area contributed by atoms with E-state index < -0.39 is 29.6 Å². The molecular weight excluding hydrogens is 534 g/mol. The maximum Gasteiger partial charge on any atom is 0.340 e. The van der Waals surface area contributed by atoms with Gasteiger partial charge in [0.1, 0.15) is 23.4 Å². The van der Waals surface area contributed by atoms with Gasteiger partial charge in [-0.2, -0.15) is 0 Å². The number of carboxylic acids is 2. The van der Waals surface area contributed by atoms with Gasteiger partial charge in [-0.05, 0) is 48.6 Å². The van der Waals surface area contributed by atoms with Gasteiger partial charge in [0.2, 0.25) is 11.8 Å². The first kappa shape index (κ1) is 31.0. The Kier molecular flexibility index (Phi) is 10.7. The average molecular weight is 568 g/mol. The van der Waals surface area contributed by atoms with E-state index in [9.17, 15) is 34.2 Å². The third kappa shape index (κ3) is 8.72. The van der Waals surface area contributed by atoms with Gasteiger partial charge in [-0.1, -0.05) is 44.2 Å². The lowest BCUT2D eigenvalue weighted by molar-refractivity contribution is -0.154. The highest BCUT2D eigenvalue weighted by molar-refractivity contribution is 6.04. The molecule has 4 rings (SSSR count). The van der Waals surface area contributed by atoms with Crippen LogP contribution in [0.4, 0.5) is 0 Å². The smallest absolute Gasteiger partial charge is 0.340 e. The van der Waals surface area contributed by atoms with Gasteiger partial charge in [-0.25, -0.2) is 15.0 Å². The first-order valence-electron chi connectivity index (χ1n) is 13.0. The molecule has 1 aliphatic rings. The average Bonchev–Trinajstić information content (AvgIpc) is 3.25. The van der Waals surface area contributed by atoms with E-state index in [-0.39, 0.29) is 49.3 Å². The lowest BCUT2D eigenvalue weighted by Gasteiger charge is -2.23. The van der Waals surface area contributed by atoms with Gasteiger partial charge in [0, 0.05) is 24.8 Å². The highest BCUT2D eigenvalue weighted by atomic mass is 16.4. The number of hydrogen-bond donors (Lipinski definition) is 5. The van der Waals surface area contributed by atoms with E-state index in [1.165, 1.54) is 12.1 Å². The Morgan fingerprint density at radius 3 is 2.17 bits per heavy atom. The summed E-state index contributed by atoms with van der Waals surface area (Å²) in [7, 11) is 0. The molecule has 2 heterocycles. The molecule has 0 unspecified atom stereocenters. The summed E-state index contributed by atoms with van der Waals surface area (Å²) in [6.45, 7) is 3.84. The predicted octanol–water partition coefficient (Wildman–Crippen LogP) is 2.42. The van der Waals surface area contributed by atoms with E-state index >= 15 is 0 Å². The molecule has 5 N–H and O–H groups in total. The van der Waals surface area contributed by atoms with E-state index in [1.807, 2.05) is 26.0 Å². The Morgan fingerprint density at radius 1 is 0.951 bits per heavy atom. The fraction of sp³-hybridized carbons (Fsp3) is 0.345. The number of carbonyl (C=O) groups is 4. The molecule has 41 heavy (non-hydrogen) atoms.